The lowest BCUT2D eigenvalue weighted by Crippen LogP contribution is -2.57. The van der Waals surface area contributed by atoms with Gasteiger partial charge in [0.05, 0.1) is 0 Å². The molecule has 1 amide bonds. The summed E-state index contributed by atoms with van der Waals surface area (Å²) in [6.45, 7) is 2.80. The maximum atomic E-state index is 12.5. The van der Waals surface area contributed by atoms with Crippen molar-refractivity contribution < 1.29 is 13.6 Å². The molecular weight excluding hydrogens is 276 g/mol. The Morgan fingerprint density at radius 2 is 2.05 bits per heavy atom. The van der Waals surface area contributed by atoms with Gasteiger partial charge in [0.1, 0.15) is 6.04 Å². The first-order valence-electron chi connectivity index (χ1n) is 7.02. The van der Waals surface area contributed by atoms with Gasteiger partial charge in [0.15, 0.2) is 0 Å². The lowest BCUT2D eigenvalue weighted by molar-refractivity contribution is -0.135. The first-order valence-corrected chi connectivity index (χ1v) is 7.02. The largest absolute Gasteiger partial charge is 0.347 e. The molecule has 1 N–H and O–H groups in total. The number of halogens is 2. The van der Waals surface area contributed by atoms with Gasteiger partial charge in [-0.3, -0.25) is 9.69 Å². The molecule has 1 heterocycles. The number of carbonyl (C=O) groups excluding carboxylic acids is 1. The minimum absolute atomic E-state index is 0.0278. The van der Waals surface area contributed by atoms with E-state index in [1.807, 2.05) is 0 Å². The number of rotatable bonds is 4. The predicted octanol–water partition coefficient (Wildman–Crippen LogP) is 1.49. The molecule has 2 rings (SSSR count). The highest BCUT2D eigenvalue weighted by molar-refractivity contribution is 5.81. The van der Waals surface area contributed by atoms with Crippen molar-refractivity contribution in [3.63, 3.8) is 0 Å². The summed E-state index contributed by atoms with van der Waals surface area (Å²) < 4.78 is 25.1. The van der Waals surface area contributed by atoms with Gasteiger partial charge in [-0.15, -0.1) is 0 Å². The third-order valence-corrected chi connectivity index (χ3v) is 3.70. The van der Waals surface area contributed by atoms with Gasteiger partial charge in [-0.05, 0) is 5.56 Å². The summed E-state index contributed by atoms with van der Waals surface area (Å²) in [5, 5.41) is 3.22. The molecule has 1 aromatic rings. The second kappa shape index (κ2) is 6.95. The highest BCUT2D eigenvalue weighted by atomic mass is 19.3. The molecule has 1 aliphatic heterocycles. The Morgan fingerprint density at radius 1 is 1.38 bits per heavy atom. The number of nitrogens with zero attached hydrogens (tertiary/aromatic N) is 2. The molecule has 0 radical (unpaired) electrons. The standard InChI is InChI=1S/C15H21F2N3O/c1-19(2)15(21)13-9-18-7-8-20(13)10-11-3-5-12(6-4-11)14(16)17/h3-6,13-14,18H,7-10H2,1-2H3. The Labute approximate surface area is 123 Å². The zero-order valence-electron chi connectivity index (χ0n) is 12.4. The van der Waals surface area contributed by atoms with Crippen LogP contribution in [0.3, 0.4) is 0 Å². The smallest absolute Gasteiger partial charge is 0.263 e. The summed E-state index contributed by atoms with van der Waals surface area (Å²) in [6, 6.07) is 6.11. The van der Waals surface area contributed by atoms with Crippen LogP contribution in [-0.4, -0.2) is 55.5 Å². The molecule has 4 nitrogen and oxygen atoms in total. The molecule has 21 heavy (non-hydrogen) atoms. The molecule has 1 aliphatic rings. The normalized spacial score (nSPS) is 19.8. The zero-order chi connectivity index (χ0) is 15.4. The van der Waals surface area contributed by atoms with E-state index in [2.05, 4.69) is 10.2 Å². The number of benzene rings is 1. The van der Waals surface area contributed by atoms with Gasteiger partial charge < -0.3 is 10.2 Å². The number of nitrogens with one attached hydrogen (secondary N) is 1. The van der Waals surface area contributed by atoms with Gasteiger partial charge in [0.25, 0.3) is 6.43 Å². The maximum Gasteiger partial charge on any atom is 0.263 e. The molecular formula is C15H21F2N3O. The minimum atomic E-state index is -2.44. The molecule has 1 unspecified atom stereocenters. The maximum absolute atomic E-state index is 12.5. The predicted molar refractivity (Wildman–Crippen MR) is 77.2 cm³/mol. The van der Waals surface area contributed by atoms with Gasteiger partial charge in [0.2, 0.25) is 5.91 Å². The highest BCUT2D eigenvalue weighted by Gasteiger charge is 2.29. The molecule has 0 saturated carbocycles. The van der Waals surface area contributed by atoms with Crippen LogP contribution in [0.2, 0.25) is 0 Å². The second-order valence-electron chi connectivity index (χ2n) is 5.47. The number of carbonyl (C=O) groups is 1. The zero-order valence-corrected chi connectivity index (χ0v) is 12.4. The Hall–Kier alpha value is -1.53. The molecule has 116 valence electrons. The van der Waals surface area contributed by atoms with E-state index < -0.39 is 6.43 Å². The van der Waals surface area contributed by atoms with Gasteiger partial charge in [-0.2, -0.15) is 0 Å². The van der Waals surface area contributed by atoms with Crippen LogP contribution in [0.25, 0.3) is 0 Å². The van der Waals surface area contributed by atoms with Crippen LogP contribution in [0.1, 0.15) is 17.6 Å². The molecule has 6 heteroatoms. The average Bonchev–Trinajstić information content (AvgIpc) is 2.47. The topological polar surface area (TPSA) is 35.6 Å². The fourth-order valence-electron chi connectivity index (χ4n) is 2.48. The number of amides is 1. The quantitative estimate of drug-likeness (QED) is 0.914. The molecule has 1 atom stereocenters. The second-order valence-corrected chi connectivity index (χ2v) is 5.47. The van der Waals surface area contributed by atoms with Crippen LogP contribution in [0.5, 0.6) is 0 Å². The van der Waals surface area contributed by atoms with E-state index in [9.17, 15) is 13.6 Å². The van der Waals surface area contributed by atoms with Crippen LogP contribution in [-0.2, 0) is 11.3 Å². The van der Waals surface area contributed by atoms with Crippen LogP contribution in [0.15, 0.2) is 24.3 Å². The van der Waals surface area contributed by atoms with E-state index in [0.29, 0.717) is 13.1 Å². The molecule has 1 fully saturated rings. The number of hydrogen-bond donors (Lipinski definition) is 1. The van der Waals surface area contributed by atoms with Crippen LogP contribution in [0.4, 0.5) is 8.78 Å². The average molecular weight is 297 g/mol. The van der Waals surface area contributed by atoms with E-state index >= 15 is 0 Å². The number of alkyl halides is 2. The van der Waals surface area contributed by atoms with Crippen molar-refractivity contribution in [2.75, 3.05) is 33.7 Å². The van der Waals surface area contributed by atoms with Crippen molar-refractivity contribution >= 4 is 5.91 Å². The summed E-state index contributed by atoms with van der Waals surface area (Å²) >= 11 is 0. The first kappa shape index (κ1) is 15.9. The molecule has 0 aromatic heterocycles. The fourth-order valence-corrected chi connectivity index (χ4v) is 2.48. The van der Waals surface area contributed by atoms with Crippen molar-refractivity contribution in [2.45, 2.75) is 19.0 Å². The summed E-state index contributed by atoms with van der Waals surface area (Å²) in [5.41, 5.74) is 0.970. The Morgan fingerprint density at radius 3 is 2.62 bits per heavy atom. The monoisotopic (exact) mass is 297 g/mol. The van der Waals surface area contributed by atoms with Crippen molar-refractivity contribution in [3.8, 4) is 0 Å². The van der Waals surface area contributed by atoms with Gasteiger partial charge in [-0.1, -0.05) is 24.3 Å². The fraction of sp³-hybridized carbons (Fsp3) is 0.533. The van der Waals surface area contributed by atoms with Crippen molar-refractivity contribution in [1.29, 1.82) is 0 Å². The number of hydrogen-bond acceptors (Lipinski definition) is 3. The SMILES string of the molecule is CN(C)C(=O)C1CNCCN1Cc1ccc(C(F)F)cc1. The van der Waals surface area contributed by atoms with Crippen LogP contribution >= 0.6 is 0 Å². The first-order chi connectivity index (χ1) is 9.99. The van der Waals surface area contributed by atoms with E-state index in [-0.39, 0.29) is 17.5 Å². The summed E-state index contributed by atoms with van der Waals surface area (Å²) in [4.78, 5) is 15.9. The lowest BCUT2D eigenvalue weighted by Gasteiger charge is -2.36. The Kier molecular flexibility index (Phi) is 5.25. The number of likely N-dealkylation sites (N-methyl/N-ethyl adjacent to an activating group) is 1. The van der Waals surface area contributed by atoms with Crippen molar-refractivity contribution in [1.82, 2.24) is 15.1 Å². The highest BCUT2D eigenvalue weighted by Crippen LogP contribution is 2.20. The van der Waals surface area contributed by atoms with E-state index in [0.717, 1.165) is 18.7 Å². The summed E-state index contributed by atoms with van der Waals surface area (Å²) in [7, 11) is 3.49. The summed E-state index contributed by atoms with van der Waals surface area (Å²) in [5.74, 6) is 0.0615. The molecule has 1 saturated heterocycles. The van der Waals surface area contributed by atoms with E-state index in [1.54, 1.807) is 31.1 Å². The van der Waals surface area contributed by atoms with Crippen molar-refractivity contribution in [2.24, 2.45) is 0 Å². The molecule has 0 bridgehead atoms. The molecule has 1 aromatic carbocycles. The van der Waals surface area contributed by atoms with Crippen LogP contribution < -0.4 is 5.32 Å². The third-order valence-electron chi connectivity index (χ3n) is 3.70. The number of piperazine rings is 1. The lowest BCUT2D eigenvalue weighted by atomic mass is 10.1. The molecule has 0 aliphatic carbocycles. The van der Waals surface area contributed by atoms with E-state index in [1.165, 1.54) is 12.1 Å². The van der Waals surface area contributed by atoms with Gasteiger partial charge in [-0.25, -0.2) is 8.78 Å². The molecule has 0 spiro atoms. The Bertz CT molecular complexity index is 476. The van der Waals surface area contributed by atoms with Gasteiger partial charge >= 0.3 is 0 Å². The Balaban J connectivity index is 2.06. The van der Waals surface area contributed by atoms with Crippen molar-refractivity contribution in [3.05, 3.63) is 35.4 Å². The minimum Gasteiger partial charge on any atom is -0.347 e. The van der Waals surface area contributed by atoms with E-state index in [4.69, 9.17) is 0 Å². The van der Waals surface area contributed by atoms with Crippen LogP contribution in [0, 0.1) is 0 Å². The third kappa shape index (κ3) is 3.98. The van der Waals surface area contributed by atoms with Gasteiger partial charge in [0, 0.05) is 45.8 Å². The summed E-state index contributed by atoms with van der Waals surface area (Å²) in [6.07, 6.45) is -2.44.